The summed E-state index contributed by atoms with van der Waals surface area (Å²) >= 11 is 6.36. The third-order valence-electron chi connectivity index (χ3n) is 4.46. The quantitative estimate of drug-likeness (QED) is 0.808. The van der Waals surface area contributed by atoms with Crippen molar-refractivity contribution in [2.24, 2.45) is 5.41 Å². The lowest BCUT2D eigenvalue weighted by atomic mass is 9.82. The number of hydrogen-bond donors (Lipinski definition) is 0. The number of pyridine rings is 1. The number of rotatable bonds is 3. The highest BCUT2D eigenvalue weighted by molar-refractivity contribution is 6.20. The van der Waals surface area contributed by atoms with E-state index in [9.17, 15) is 0 Å². The van der Waals surface area contributed by atoms with Crippen LogP contribution < -0.4 is 0 Å². The first kappa shape index (κ1) is 14.8. The van der Waals surface area contributed by atoms with Gasteiger partial charge in [0, 0.05) is 26.0 Å². The Morgan fingerprint density at radius 2 is 2.14 bits per heavy atom. The van der Waals surface area contributed by atoms with Crippen LogP contribution in [-0.4, -0.2) is 27.7 Å². The van der Waals surface area contributed by atoms with E-state index in [-0.39, 0.29) is 10.8 Å². The SMILES string of the molecule is Cc1ccnc2c1nc(C(C)Cl)n2CC1(C)CCOCC1. The Hall–Kier alpha value is -1.13. The highest BCUT2D eigenvalue weighted by atomic mass is 35.5. The monoisotopic (exact) mass is 307 g/mol. The van der Waals surface area contributed by atoms with E-state index in [1.54, 1.807) is 0 Å². The highest BCUT2D eigenvalue weighted by Crippen LogP contribution is 2.35. The molecule has 0 saturated carbocycles. The molecule has 0 amide bonds. The van der Waals surface area contributed by atoms with Crippen LogP contribution in [0, 0.1) is 12.3 Å². The van der Waals surface area contributed by atoms with Crippen LogP contribution in [0.2, 0.25) is 0 Å². The number of alkyl halides is 1. The molecule has 21 heavy (non-hydrogen) atoms. The van der Waals surface area contributed by atoms with E-state index in [2.05, 4.69) is 23.4 Å². The van der Waals surface area contributed by atoms with Gasteiger partial charge in [0.15, 0.2) is 5.65 Å². The summed E-state index contributed by atoms with van der Waals surface area (Å²) in [7, 11) is 0. The molecule has 0 aromatic carbocycles. The maximum atomic E-state index is 6.36. The number of aryl methyl sites for hydroxylation is 1. The molecule has 114 valence electrons. The number of nitrogens with zero attached hydrogens (tertiary/aromatic N) is 3. The molecule has 4 nitrogen and oxygen atoms in total. The van der Waals surface area contributed by atoms with Gasteiger partial charge in [0.05, 0.1) is 5.38 Å². The molecule has 1 aliphatic heterocycles. The van der Waals surface area contributed by atoms with Crippen molar-refractivity contribution in [3.05, 3.63) is 23.7 Å². The molecule has 0 radical (unpaired) electrons. The molecule has 1 aliphatic rings. The first-order valence-electron chi connectivity index (χ1n) is 7.54. The van der Waals surface area contributed by atoms with Crippen LogP contribution >= 0.6 is 11.6 Å². The van der Waals surface area contributed by atoms with Gasteiger partial charge in [-0.2, -0.15) is 0 Å². The minimum atomic E-state index is -0.123. The molecule has 2 aromatic rings. The molecule has 0 bridgehead atoms. The maximum Gasteiger partial charge on any atom is 0.160 e. The van der Waals surface area contributed by atoms with Crippen molar-refractivity contribution in [3.8, 4) is 0 Å². The van der Waals surface area contributed by atoms with Crippen molar-refractivity contribution < 1.29 is 4.74 Å². The van der Waals surface area contributed by atoms with Crippen molar-refractivity contribution in [2.45, 2.75) is 45.5 Å². The number of ether oxygens (including phenoxy) is 1. The van der Waals surface area contributed by atoms with Gasteiger partial charge in [0.2, 0.25) is 0 Å². The van der Waals surface area contributed by atoms with Crippen LogP contribution in [0.5, 0.6) is 0 Å². The highest BCUT2D eigenvalue weighted by Gasteiger charge is 2.30. The van der Waals surface area contributed by atoms with Crippen molar-refractivity contribution >= 4 is 22.8 Å². The van der Waals surface area contributed by atoms with Crippen molar-refractivity contribution in [2.75, 3.05) is 13.2 Å². The molecule has 0 aliphatic carbocycles. The Bertz CT molecular complexity index is 644. The van der Waals surface area contributed by atoms with E-state index in [4.69, 9.17) is 21.3 Å². The van der Waals surface area contributed by atoms with Gasteiger partial charge in [-0.25, -0.2) is 9.97 Å². The Morgan fingerprint density at radius 1 is 1.43 bits per heavy atom. The molecule has 5 heteroatoms. The van der Waals surface area contributed by atoms with Crippen LogP contribution in [0.25, 0.3) is 11.2 Å². The minimum absolute atomic E-state index is 0.123. The van der Waals surface area contributed by atoms with Gasteiger partial charge in [-0.05, 0) is 43.7 Å². The van der Waals surface area contributed by atoms with Gasteiger partial charge in [-0.1, -0.05) is 6.92 Å². The summed E-state index contributed by atoms with van der Waals surface area (Å²) in [5.41, 5.74) is 3.29. The molecule has 1 fully saturated rings. The molecule has 3 rings (SSSR count). The molecule has 3 heterocycles. The zero-order valence-corrected chi connectivity index (χ0v) is 13.7. The first-order valence-corrected chi connectivity index (χ1v) is 7.97. The number of halogens is 1. The minimum Gasteiger partial charge on any atom is -0.381 e. The second-order valence-electron chi connectivity index (χ2n) is 6.40. The second kappa shape index (κ2) is 5.58. The molecule has 0 N–H and O–H groups in total. The lowest BCUT2D eigenvalue weighted by Crippen LogP contribution is -2.31. The van der Waals surface area contributed by atoms with Gasteiger partial charge >= 0.3 is 0 Å². The zero-order valence-electron chi connectivity index (χ0n) is 12.9. The molecular weight excluding hydrogens is 286 g/mol. The molecule has 1 unspecified atom stereocenters. The molecule has 1 saturated heterocycles. The fourth-order valence-electron chi connectivity index (χ4n) is 3.02. The third kappa shape index (κ3) is 2.79. The largest absolute Gasteiger partial charge is 0.381 e. The number of hydrogen-bond acceptors (Lipinski definition) is 3. The Morgan fingerprint density at radius 3 is 2.81 bits per heavy atom. The maximum absolute atomic E-state index is 6.36. The van der Waals surface area contributed by atoms with E-state index in [1.165, 1.54) is 0 Å². The second-order valence-corrected chi connectivity index (χ2v) is 7.05. The summed E-state index contributed by atoms with van der Waals surface area (Å²) in [4.78, 5) is 9.30. The molecule has 2 aromatic heterocycles. The van der Waals surface area contributed by atoms with Crippen LogP contribution in [0.3, 0.4) is 0 Å². The topological polar surface area (TPSA) is 39.9 Å². The van der Waals surface area contributed by atoms with Crippen LogP contribution in [0.15, 0.2) is 12.3 Å². The molecule has 0 spiro atoms. The van der Waals surface area contributed by atoms with Crippen LogP contribution in [-0.2, 0) is 11.3 Å². The Labute approximate surface area is 130 Å². The lowest BCUT2D eigenvalue weighted by molar-refractivity contribution is 0.0156. The van der Waals surface area contributed by atoms with Gasteiger partial charge in [0.25, 0.3) is 0 Å². The average Bonchev–Trinajstić information content (AvgIpc) is 2.80. The zero-order chi connectivity index (χ0) is 15.0. The van der Waals surface area contributed by atoms with Crippen molar-refractivity contribution in [3.63, 3.8) is 0 Å². The predicted molar refractivity (Wildman–Crippen MR) is 84.7 cm³/mol. The Kier molecular flexibility index (Phi) is 3.93. The first-order chi connectivity index (χ1) is 10.0. The lowest BCUT2D eigenvalue weighted by Gasteiger charge is -2.34. The fourth-order valence-corrected chi connectivity index (χ4v) is 3.19. The summed E-state index contributed by atoms with van der Waals surface area (Å²) in [5.74, 6) is 0.918. The van der Waals surface area contributed by atoms with E-state index in [1.807, 2.05) is 19.2 Å². The van der Waals surface area contributed by atoms with E-state index in [0.29, 0.717) is 0 Å². The summed E-state index contributed by atoms with van der Waals surface area (Å²) in [5, 5.41) is -0.123. The standard InChI is InChI=1S/C16H22ClN3O/c1-11-4-7-18-15-13(11)19-14(12(2)17)20(15)10-16(3)5-8-21-9-6-16/h4,7,12H,5-6,8-10H2,1-3H3. The van der Waals surface area contributed by atoms with Gasteiger partial charge in [0.1, 0.15) is 11.3 Å². The summed E-state index contributed by atoms with van der Waals surface area (Å²) in [6, 6.07) is 2.00. The smallest absolute Gasteiger partial charge is 0.160 e. The summed E-state index contributed by atoms with van der Waals surface area (Å²) in [6.45, 7) is 8.93. The van der Waals surface area contributed by atoms with Crippen LogP contribution in [0.1, 0.15) is 43.5 Å². The Balaban J connectivity index is 2.07. The number of aromatic nitrogens is 3. The average molecular weight is 308 g/mol. The van der Waals surface area contributed by atoms with Crippen molar-refractivity contribution in [1.29, 1.82) is 0 Å². The van der Waals surface area contributed by atoms with Crippen molar-refractivity contribution in [1.82, 2.24) is 14.5 Å². The predicted octanol–water partition coefficient (Wildman–Crippen LogP) is 3.86. The van der Waals surface area contributed by atoms with Crippen LogP contribution in [0.4, 0.5) is 0 Å². The van der Waals surface area contributed by atoms with E-state index in [0.717, 1.165) is 55.2 Å². The van der Waals surface area contributed by atoms with E-state index >= 15 is 0 Å². The number of imidazole rings is 1. The normalized spacial score (nSPS) is 19.8. The van der Waals surface area contributed by atoms with Gasteiger partial charge in [-0.3, -0.25) is 0 Å². The molecule has 1 atom stereocenters. The number of fused-ring (bicyclic) bond motifs is 1. The van der Waals surface area contributed by atoms with Gasteiger partial charge < -0.3 is 9.30 Å². The third-order valence-corrected chi connectivity index (χ3v) is 4.66. The fraction of sp³-hybridized carbons (Fsp3) is 0.625. The van der Waals surface area contributed by atoms with Gasteiger partial charge in [-0.15, -0.1) is 11.6 Å². The molecular formula is C16H22ClN3O. The summed E-state index contributed by atoms with van der Waals surface area (Å²) < 4.78 is 7.72. The van der Waals surface area contributed by atoms with E-state index < -0.39 is 0 Å². The summed E-state index contributed by atoms with van der Waals surface area (Å²) in [6.07, 6.45) is 3.98.